The van der Waals surface area contributed by atoms with Gasteiger partial charge in [-0.3, -0.25) is 14.4 Å². The van der Waals surface area contributed by atoms with E-state index < -0.39 is 12.1 Å². The Balaban J connectivity index is 1.42. The summed E-state index contributed by atoms with van der Waals surface area (Å²) in [5.74, 6) is -0.391. The Kier molecular flexibility index (Phi) is 4.96. The molecular formula is C22H23N3O4. The van der Waals surface area contributed by atoms with Gasteiger partial charge in [-0.15, -0.1) is 0 Å². The molecule has 0 bridgehead atoms. The fraction of sp³-hybridized carbons (Fsp3) is 0.318. The smallest absolute Gasteiger partial charge is 0.251 e. The molecule has 0 saturated carbocycles. The van der Waals surface area contributed by atoms with Crippen LogP contribution in [0.1, 0.15) is 27.9 Å². The van der Waals surface area contributed by atoms with Crippen LogP contribution in [0.2, 0.25) is 0 Å². The van der Waals surface area contributed by atoms with Crippen LogP contribution in [0.25, 0.3) is 0 Å². The Hall–Kier alpha value is -3.35. The van der Waals surface area contributed by atoms with Gasteiger partial charge >= 0.3 is 0 Å². The van der Waals surface area contributed by atoms with Gasteiger partial charge in [-0.2, -0.15) is 0 Å². The highest BCUT2D eigenvalue weighted by Gasteiger charge is 2.46. The Bertz CT molecular complexity index is 940. The van der Waals surface area contributed by atoms with Crippen molar-refractivity contribution in [2.75, 3.05) is 6.54 Å². The van der Waals surface area contributed by atoms with Crippen molar-refractivity contribution in [2.24, 2.45) is 0 Å². The number of hydrogen-bond donors (Lipinski definition) is 3. The zero-order valence-corrected chi connectivity index (χ0v) is 16.1. The number of nitrogens with one attached hydrogen (secondary N) is 2. The van der Waals surface area contributed by atoms with E-state index in [1.54, 1.807) is 41.3 Å². The number of piperazine rings is 1. The second-order valence-electron chi connectivity index (χ2n) is 7.71. The van der Waals surface area contributed by atoms with Crippen LogP contribution in [0.5, 0.6) is 5.75 Å². The largest absolute Gasteiger partial charge is 0.508 e. The summed E-state index contributed by atoms with van der Waals surface area (Å²) in [6, 6.07) is 12.4. The zero-order valence-electron chi connectivity index (χ0n) is 16.1. The Labute approximate surface area is 168 Å². The molecule has 0 radical (unpaired) electrons. The van der Waals surface area contributed by atoms with Crippen LogP contribution in [0.4, 0.5) is 0 Å². The van der Waals surface area contributed by atoms with Crippen LogP contribution in [-0.4, -0.2) is 52.4 Å². The van der Waals surface area contributed by atoms with Gasteiger partial charge in [0.2, 0.25) is 11.8 Å². The number of benzene rings is 2. The summed E-state index contributed by atoms with van der Waals surface area (Å²) < 4.78 is 0. The normalized spacial score (nSPS) is 23.5. The minimum atomic E-state index is -0.644. The van der Waals surface area contributed by atoms with Gasteiger partial charge in [-0.1, -0.05) is 29.8 Å². The van der Waals surface area contributed by atoms with Gasteiger partial charge in [0.25, 0.3) is 5.91 Å². The fourth-order valence-corrected chi connectivity index (χ4v) is 3.94. The fourth-order valence-electron chi connectivity index (χ4n) is 3.94. The molecule has 2 aromatic rings. The summed E-state index contributed by atoms with van der Waals surface area (Å²) in [6.07, 6.45) is 0.759. The first-order chi connectivity index (χ1) is 13.9. The molecule has 4 rings (SSSR count). The van der Waals surface area contributed by atoms with Crippen molar-refractivity contribution in [2.45, 2.75) is 37.9 Å². The molecule has 7 heteroatoms. The number of hydrogen-bond acceptors (Lipinski definition) is 4. The number of nitrogens with zero attached hydrogens (tertiary/aromatic N) is 1. The second-order valence-corrected chi connectivity index (χ2v) is 7.71. The third-order valence-electron chi connectivity index (χ3n) is 5.53. The summed E-state index contributed by atoms with van der Waals surface area (Å²) in [6.45, 7) is 2.27. The first-order valence-corrected chi connectivity index (χ1v) is 9.67. The van der Waals surface area contributed by atoms with Crippen molar-refractivity contribution in [3.8, 4) is 5.75 Å². The number of aromatic hydroxyl groups is 1. The molecule has 2 aliphatic heterocycles. The van der Waals surface area contributed by atoms with Gasteiger partial charge in [0.1, 0.15) is 17.8 Å². The predicted octanol–water partition coefficient (Wildman–Crippen LogP) is 1.14. The Morgan fingerprint density at radius 3 is 2.52 bits per heavy atom. The summed E-state index contributed by atoms with van der Waals surface area (Å²) >= 11 is 0. The topological polar surface area (TPSA) is 98.7 Å². The van der Waals surface area contributed by atoms with E-state index in [1.165, 1.54) is 0 Å². The van der Waals surface area contributed by atoms with E-state index in [2.05, 4.69) is 10.6 Å². The first-order valence-electron chi connectivity index (χ1n) is 9.67. The van der Waals surface area contributed by atoms with Crippen LogP contribution in [0, 0.1) is 6.92 Å². The highest BCUT2D eigenvalue weighted by molar-refractivity contribution is 5.98. The van der Waals surface area contributed by atoms with Gasteiger partial charge in [0.15, 0.2) is 0 Å². The number of aryl methyl sites for hydroxylation is 1. The van der Waals surface area contributed by atoms with Crippen molar-refractivity contribution in [3.05, 3.63) is 65.2 Å². The molecule has 2 heterocycles. The summed E-state index contributed by atoms with van der Waals surface area (Å²) in [7, 11) is 0. The lowest BCUT2D eigenvalue weighted by molar-refractivity contribution is -0.147. The summed E-state index contributed by atoms with van der Waals surface area (Å²) in [5.41, 5.74) is 2.48. The third kappa shape index (κ3) is 3.94. The highest BCUT2D eigenvalue weighted by atomic mass is 16.3. The molecule has 2 saturated heterocycles. The van der Waals surface area contributed by atoms with Crippen LogP contribution in [0.15, 0.2) is 48.5 Å². The third-order valence-corrected chi connectivity index (χ3v) is 5.53. The molecule has 3 N–H and O–H groups in total. The van der Waals surface area contributed by atoms with E-state index in [0.29, 0.717) is 24.9 Å². The maximum Gasteiger partial charge on any atom is 0.251 e. The van der Waals surface area contributed by atoms with Crippen molar-refractivity contribution in [1.82, 2.24) is 15.5 Å². The Morgan fingerprint density at radius 1 is 1.14 bits per heavy atom. The maximum atomic E-state index is 12.9. The molecule has 7 nitrogen and oxygen atoms in total. The average molecular weight is 393 g/mol. The van der Waals surface area contributed by atoms with Gasteiger partial charge in [-0.25, -0.2) is 0 Å². The molecule has 150 valence electrons. The van der Waals surface area contributed by atoms with Gasteiger partial charge in [0, 0.05) is 24.6 Å². The lowest BCUT2D eigenvalue weighted by Crippen LogP contribution is -2.61. The average Bonchev–Trinajstić information content (AvgIpc) is 3.13. The van der Waals surface area contributed by atoms with Crippen molar-refractivity contribution in [1.29, 1.82) is 0 Å². The minimum absolute atomic E-state index is 0.144. The molecule has 3 atom stereocenters. The van der Waals surface area contributed by atoms with Crippen LogP contribution >= 0.6 is 0 Å². The van der Waals surface area contributed by atoms with Gasteiger partial charge in [-0.05, 0) is 43.2 Å². The molecule has 29 heavy (non-hydrogen) atoms. The molecule has 3 amide bonds. The predicted molar refractivity (Wildman–Crippen MR) is 106 cm³/mol. The highest BCUT2D eigenvalue weighted by Crippen LogP contribution is 2.24. The molecular weight excluding hydrogens is 370 g/mol. The van der Waals surface area contributed by atoms with Crippen LogP contribution in [0.3, 0.4) is 0 Å². The monoisotopic (exact) mass is 393 g/mol. The number of phenolic OH excluding ortho intramolecular Hbond substituents is 1. The Morgan fingerprint density at radius 2 is 1.83 bits per heavy atom. The molecule has 2 aromatic carbocycles. The quantitative estimate of drug-likeness (QED) is 0.726. The van der Waals surface area contributed by atoms with Gasteiger partial charge in [0.05, 0.1) is 0 Å². The number of carbonyl (C=O) groups excluding carboxylic acids is 3. The van der Waals surface area contributed by atoms with Crippen LogP contribution in [-0.2, 0) is 16.0 Å². The van der Waals surface area contributed by atoms with E-state index in [9.17, 15) is 19.5 Å². The molecule has 2 fully saturated rings. The maximum absolute atomic E-state index is 12.9. The molecule has 0 aliphatic carbocycles. The van der Waals surface area contributed by atoms with E-state index in [0.717, 1.165) is 11.1 Å². The van der Waals surface area contributed by atoms with Crippen molar-refractivity contribution in [3.63, 3.8) is 0 Å². The van der Waals surface area contributed by atoms with E-state index in [-0.39, 0.29) is 29.5 Å². The SMILES string of the molecule is Cc1ccc(C(=O)N[C@H]2C[C@H]3C(=O)N[C@@H](Cc4ccc(O)cc4)C(=O)N3C2)cc1. The van der Waals surface area contributed by atoms with Gasteiger partial charge < -0.3 is 20.6 Å². The molecule has 0 spiro atoms. The molecule has 2 aliphatic rings. The van der Waals surface area contributed by atoms with Crippen molar-refractivity contribution < 1.29 is 19.5 Å². The number of phenols is 1. The zero-order chi connectivity index (χ0) is 20.5. The minimum Gasteiger partial charge on any atom is -0.508 e. The standard InChI is InChI=1S/C22H23N3O4/c1-13-2-6-15(7-3-13)20(27)23-16-11-19-21(28)24-18(22(29)25(19)12-16)10-14-4-8-17(26)9-5-14/h2-9,16,18-19,26H,10-12H2,1H3,(H,23,27)(H,24,28)/t16-,18-,19-/m0/s1. The number of fused-ring (bicyclic) bond motifs is 1. The van der Waals surface area contributed by atoms with Crippen molar-refractivity contribution >= 4 is 17.7 Å². The second kappa shape index (κ2) is 7.58. The number of carbonyl (C=O) groups is 3. The molecule has 0 unspecified atom stereocenters. The lowest BCUT2D eigenvalue weighted by Gasteiger charge is -2.34. The summed E-state index contributed by atoms with van der Waals surface area (Å²) in [5, 5.41) is 15.1. The van der Waals surface area contributed by atoms with E-state index >= 15 is 0 Å². The molecule has 0 aromatic heterocycles. The number of rotatable bonds is 4. The van der Waals surface area contributed by atoms with E-state index in [4.69, 9.17) is 0 Å². The number of amides is 3. The first kappa shape index (κ1) is 19.0. The van der Waals surface area contributed by atoms with Crippen LogP contribution < -0.4 is 10.6 Å². The summed E-state index contributed by atoms with van der Waals surface area (Å²) in [4.78, 5) is 39.5. The van der Waals surface area contributed by atoms with E-state index in [1.807, 2.05) is 19.1 Å². The lowest BCUT2D eigenvalue weighted by atomic mass is 10.0.